The molecule has 1 amide bonds. The van der Waals surface area contributed by atoms with E-state index in [1.54, 1.807) is 11.1 Å². The topological polar surface area (TPSA) is 29.5 Å². The summed E-state index contributed by atoms with van der Waals surface area (Å²) in [7, 11) is -1.92. The largest absolute Gasteiger partial charge is 0.543 e. The fraction of sp³-hybridized carbons (Fsp3) is 0.606. The minimum Gasteiger partial charge on any atom is -0.543 e. The molecule has 37 heavy (non-hydrogen) atoms. The van der Waals surface area contributed by atoms with Crippen LogP contribution in [-0.2, 0) is 11.8 Å². The van der Waals surface area contributed by atoms with E-state index in [1.807, 2.05) is 30.3 Å². The van der Waals surface area contributed by atoms with Crippen molar-refractivity contribution in [1.29, 1.82) is 0 Å². The number of benzene rings is 2. The van der Waals surface area contributed by atoms with Crippen molar-refractivity contribution >= 4 is 14.2 Å². The Morgan fingerprint density at radius 2 is 1.84 bits per heavy atom. The van der Waals surface area contributed by atoms with Crippen LogP contribution in [0.3, 0.4) is 0 Å². The molecule has 4 fully saturated rings. The lowest BCUT2D eigenvalue weighted by Crippen LogP contribution is -2.62. The van der Waals surface area contributed by atoms with Crippen LogP contribution in [0.15, 0.2) is 48.5 Å². The van der Waals surface area contributed by atoms with Crippen molar-refractivity contribution in [1.82, 2.24) is 4.90 Å². The highest BCUT2D eigenvalue weighted by Crippen LogP contribution is 2.77. The van der Waals surface area contributed by atoms with Gasteiger partial charge in [0.1, 0.15) is 5.75 Å². The summed E-state index contributed by atoms with van der Waals surface area (Å²) in [6.07, 6.45) is 9.07. The molecule has 1 aliphatic heterocycles. The third-order valence-corrected chi connectivity index (χ3v) is 16.5. The Kier molecular flexibility index (Phi) is 5.02. The Bertz CT molecular complexity index is 1250. The van der Waals surface area contributed by atoms with Gasteiger partial charge in [-0.2, -0.15) is 0 Å². The number of fused-ring (bicyclic) bond motifs is 1. The van der Waals surface area contributed by atoms with Gasteiger partial charge in [0, 0.05) is 23.6 Å². The number of nitrogens with zero attached hydrogens (tertiary/aromatic N) is 1. The first-order valence-corrected chi connectivity index (χ1v) is 17.7. The van der Waals surface area contributed by atoms with Gasteiger partial charge in [0.25, 0.3) is 5.91 Å². The highest BCUT2D eigenvalue weighted by molar-refractivity contribution is 6.74. The van der Waals surface area contributed by atoms with Crippen LogP contribution in [0.1, 0.15) is 80.8 Å². The number of hydrogen-bond donors (Lipinski definition) is 0. The third-order valence-electron chi connectivity index (χ3n) is 12.1. The van der Waals surface area contributed by atoms with E-state index in [2.05, 4.69) is 57.0 Å². The SMILES string of the molecule is CC(C)(C)[Si](C)(C)Oc1ccc2c(c1)C13CCCC(C2)C12CCC1C3[C@@H](CN1C(=O)c1ccccc1)C2. The van der Waals surface area contributed by atoms with Gasteiger partial charge in [0.2, 0.25) is 8.32 Å². The van der Waals surface area contributed by atoms with Crippen LogP contribution in [-0.4, -0.2) is 31.7 Å². The number of likely N-dealkylation sites (tertiary alicyclic amines) is 1. The lowest BCUT2D eigenvalue weighted by molar-refractivity contribution is -0.0672. The van der Waals surface area contributed by atoms with E-state index in [-0.39, 0.29) is 16.4 Å². The van der Waals surface area contributed by atoms with Crippen LogP contribution in [0, 0.1) is 23.2 Å². The predicted octanol–water partition coefficient (Wildman–Crippen LogP) is 7.61. The number of carbonyl (C=O) groups excluding carboxylic acids is 1. The summed E-state index contributed by atoms with van der Waals surface area (Å²) in [6, 6.07) is 17.6. The molecular formula is C33H43NO2Si. The maximum atomic E-state index is 13.8. The molecule has 3 saturated carbocycles. The summed E-state index contributed by atoms with van der Waals surface area (Å²) in [5.41, 5.74) is 4.70. The first-order valence-electron chi connectivity index (χ1n) is 14.8. The van der Waals surface area contributed by atoms with Crippen LogP contribution in [0.5, 0.6) is 5.75 Å². The quantitative estimate of drug-likeness (QED) is 0.395. The molecule has 2 aromatic carbocycles. The fourth-order valence-electron chi connectivity index (χ4n) is 9.82. The van der Waals surface area contributed by atoms with E-state index >= 15 is 0 Å². The zero-order chi connectivity index (χ0) is 25.8. The molecule has 196 valence electrons. The molecule has 3 nitrogen and oxygen atoms in total. The minimum atomic E-state index is -1.92. The molecule has 2 aromatic rings. The zero-order valence-electron chi connectivity index (χ0n) is 23.3. The number of hydrogen-bond acceptors (Lipinski definition) is 2. The molecule has 0 spiro atoms. The van der Waals surface area contributed by atoms with Crippen molar-refractivity contribution in [3.8, 4) is 5.75 Å². The van der Waals surface area contributed by atoms with Gasteiger partial charge in [-0.3, -0.25) is 4.79 Å². The molecule has 6 atom stereocenters. The Morgan fingerprint density at radius 1 is 1.05 bits per heavy atom. The van der Waals surface area contributed by atoms with Gasteiger partial charge in [-0.1, -0.05) is 51.5 Å². The summed E-state index contributed by atoms with van der Waals surface area (Å²) in [5.74, 6) is 3.39. The standard InChI is InChI=1S/C33H43NO2Si/c1-31(2,3)37(4,5)36-26-14-13-23-18-25-12-9-16-33(27(23)19-26)29-24-20-32(25,33)17-15-28(29)34(21-24)30(35)22-10-7-6-8-11-22/h6-8,10-11,13-14,19,24-25,28-29H,9,12,15-18,20-21H2,1-5H3/t24-,25?,28?,29?,32?,33?/m1/s1. The van der Waals surface area contributed by atoms with Gasteiger partial charge in [-0.15, -0.1) is 0 Å². The zero-order valence-corrected chi connectivity index (χ0v) is 24.3. The van der Waals surface area contributed by atoms with Crippen LogP contribution >= 0.6 is 0 Å². The molecular weight excluding hydrogens is 470 g/mol. The second kappa shape index (κ2) is 7.74. The van der Waals surface area contributed by atoms with Crippen molar-refractivity contribution in [2.75, 3.05) is 6.54 Å². The minimum absolute atomic E-state index is 0.180. The van der Waals surface area contributed by atoms with Crippen LogP contribution in [0.2, 0.25) is 18.1 Å². The Hall–Kier alpha value is -2.07. The van der Waals surface area contributed by atoms with Gasteiger partial charge in [0.05, 0.1) is 0 Å². The van der Waals surface area contributed by atoms with E-state index in [4.69, 9.17) is 4.43 Å². The molecule has 1 saturated heterocycles. The molecule has 0 aromatic heterocycles. The van der Waals surface area contributed by atoms with Gasteiger partial charge in [0.15, 0.2) is 0 Å². The normalized spacial score (nSPS) is 35.6. The van der Waals surface area contributed by atoms with Crippen molar-refractivity contribution in [3.05, 3.63) is 65.2 Å². The van der Waals surface area contributed by atoms with Crippen molar-refractivity contribution in [2.24, 2.45) is 23.2 Å². The summed E-state index contributed by atoms with van der Waals surface area (Å²) in [6.45, 7) is 12.7. The number of rotatable bonds is 3. The molecule has 4 bridgehead atoms. The maximum Gasteiger partial charge on any atom is 0.254 e. The second-order valence-corrected chi connectivity index (χ2v) is 19.2. The predicted molar refractivity (Wildman–Crippen MR) is 152 cm³/mol. The van der Waals surface area contributed by atoms with Gasteiger partial charge in [-0.25, -0.2) is 0 Å². The fourth-order valence-corrected chi connectivity index (χ4v) is 10.8. The molecule has 1 heterocycles. The van der Waals surface area contributed by atoms with E-state index in [0.717, 1.165) is 23.8 Å². The first-order chi connectivity index (χ1) is 17.6. The monoisotopic (exact) mass is 513 g/mol. The molecule has 7 rings (SSSR count). The summed E-state index contributed by atoms with van der Waals surface area (Å²) in [5, 5.41) is 0.180. The summed E-state index contributed by atoms with van der Waals surface area (Å²) < 4.78 is 6.90. The first kappa shape index (κ1) is 24.0. The summed E-state index contributed by atoms with van der Waals surface area (Å²) in [4.78, 5) is 16.1. The average Bonchev–Trinajstić information content (AvgIpc) is 3.30. The van der Waals surface area contributed by atoms with E-state index in [0.29, 0.717) is 23.3 Å². The maximum absolute atomic E-state index is 13.8. The third kappa shape index (κ3) is 3.08. The second-order valence-electron chi connectivity index (χ2n) is 14.5. The molecule has 4 aliphatic carbocycles. The van der Waals surface area contributed by atoms with Crippen LogP contribution in [0.25, 0.3) is 0 Å². The summed E-state index contributed by atoms with van der Waals surface area (Å²) >= 11 is 0. The van der Waals surface area contributed by atoms with Crippen LogP contribution < -0.4 is 4.43 Å². The highest BCUT2D eigenvalue weighted by Gasteiger charge is 2.75. The van der Waals surface area contributed by atoms with Crippen molar-refractivity contribution < 1.29 is 9.22 Å². The Morgan fingerprint density at radius 3 is 2.59 bits per heavy atom. The molecule has 0 radical (unpaired) electrons. The smallest absolute Gasteiger partial charge is 0.254 e. The highest BCUT2D eigenvalue weighted by atomic mass is 28.4. The lowest BCUT2D eigenvalue weighted by atomic mass is 9.41. The Labute approximate surface area is 224 Å². The average molecular weight is 514 g/mol. The van der Waals surface area contributed by atoms with E-state index < -0.39 is 8.32 Å². The molecule has 4 heteroatoms. The van der Waals surface area contributed by atoms with Gasteiger partial charge in [-0.05, 0) is 115 Å². The van der Waals surface area contributed by atoms with Crippen molar-refractivity contribution in [3.63, 3.8) is 0 Å². The molecule has 5 aliphatic rings. The van der Waals surface area contributed by atoms with Crippen LogP contribution in [0.4, 0.5) is 0 Å². The lowest BCUT2D eigenvalue weighted by Gasteiger charge is -2.64. The van der Waals surface area contributed by atoms with E-state index in [1.165, 1.54) is 44.9 Å². The molecule has 5 unspecified atom stereocenters. The van der Waals surface area contributed by atoms with Gasteiger partial charge < -0.3 is 9.33 Å². The van der Waals surface area contributed by atoms with Gasteiger partial charge >= 0.3 is 0 Å². The number of carbonyl (C=O) groups is 1. The molecule has 0 N–H and O–H groups in total. The van der Waals surface area contributed by atoms with E-state index in [9.17, 15) is 4.79 Å². The number of amides is 1. The van der Waals surface area contributed by atoms with Crippen molar-refractivity contribution in [2.45, 2.75) is 95.3 Å². The Balaban J connectivity index is 1.32.